The standard InChI is InChI=1S/C24H24ClNO2.C8H13NO3/c1-24(2,3)15-26-21-12-11-17(25)13-20(21)23(28-14-22(26)27)19-10-6-8-16-7-4-5-9-18(16)19;1-5(10)6-3-2-4-9-7(6)8(11)12/h4-13,23H,14-15H2,1-3H3;6-7,9H,2-4H2,1H3,(H,11,12)/t;6-,7+/m.0/s1. The number of benzene rings is 3. The maximum Gasteiger partial charge on any atom is 0.321 e. The topological polar surface area (TPSA) is 95.9 Å². The van der Waals surface area contributed by atoms with E-state index >= 15 is 0 Å². The molecule has 0 spiro atoms. The minimum Gasteiger partial charge on any atom is -0.480 e. The van der Waals surface area contributed by atoms with E-state index in [0.717, 1.165) is 34.0 Å². The molecule has 5 rings (SSSR count). The summed E-state index contributed by atoms with van der Waals surface area (Å²) in [6.45, 7) is 9.19. The normalized spacial score (nSPS) is 21.2. The van der Waals surface area contributed by atoms with Crippen LogP contribution in [0, 0.1) is 11.3 Å². The fourth-order valence-corrected chi connectivity index (χ4v) is 5.59. The molecule has 0 aromatic heterocycles. The number of Topliss-reactive ketones (excluding diaryl/α,β-unsaturated/α-hetero) is 1. The van der Waals surface area contributed by atoms with E-state index in [0.29, 0.717) is 24.5 Å². The number of ether oxygens (including phenoxy) is 1. The Hall–Kier alpha value is -3.26. The first-order chi connectivity index (χ1) is 19.0. The monoisotopic (exact) mass is 564 g/mol. The third-order valence-electron chi connectivity index (χ3n) is 7.22. The van der Waals surface area contributed by atoms with E-state index < -0.39 is 12.0 Å². The number of hydrogen-bond acceptors (Lipinski definition) is 5. The van der Waals surface area contributed by atoms with Gasteiger partial charge in [0, 0.05) is 28.7 Å². The van der Waals surface area contributed by atoms with E-state index in [1.807, 2.05) is 41.3 Å². The highest BCUT2D eigenvalue weighted by Gasteiger charge is 2.34. The molecular weight excluding hydrogens is 528 g/mol. The van der Waals surface area contributed by atoms with Gasteiger partial charge in [0.05, 0.1) is 0 Å². The number of piperidine rings is 1. The van der Waals surface area contributed by atoms with E-state index in [9.17, 15) is 14.4 Å². The van der Waals surface area contributed by atoms with Crippen LogP contribution >= 0.6 is 11.6 Å². The lowest BCUT2D eigenvalue weighted by atomic mass is 9.88. The molecule has 1 amide bonds. The summed E-state index contributed by atoms with van der Waals surface area (Å²) in [7, 11) is 0. The summed E-state index contributed by atoms with van der Waals surface area (Å²) in [5.74, 6) is -1.32. The SMILES string of the molecule is CC(=O)[C@@H]1CCCN[C@H]1C(=O)O.CC(C)(C)CN1C(=O)COC(c2cccc3ccccc23)c2cc(Cl)ccc21. The fourth-order valence-electron chi connectivity index (χ4n) is 5.41. The first kappa shape index (κ1) is 29.7. The Morgan fingerprint density at radius 2 is 1.80 bits per heavy atom. The summed E-state index contributed by atoms with van der Waals surface area (Å²) in [5, 5.41) is 14.5. The largest absolute Gasteiger partial charge is 0.480 e. The highest BCUT2D eigenvalue weighted by atomic mass is 35.5. The molecule has 2 heterocycles. The number of hydrogen-bond donors (Lipinski definition) is 2. The number of halogens is 1. The summed E-state index contributed by atoms with van der Waals surface area (Å²) in [6, 6.07) is 19.5. The molecule has 0 radical (unpaired) electrons. The third kappa shape index (κ3) is 6.89. The molecule has 2 aliphatic heterocycles. The molecule has 3 aromatic carbocycles. The van der Waals surface area contributed by atoms with Crippen molar-refractivity contribution in [3.8, 4) is 0 Å². The molecule has 1 saturated heterocycles. The quantitative estimate of drug-likeness (QED) is 0.402. The van der Waals surface area contributed by atoms with Crippen molar-refractivity contribution in [1.29, 1.82) is 0 Å². The Balaban J connectivity index is 0.000000259. The van der Waals surface area contributed by atoms with Crippen molar-refractivity contribution in [2.45, 2.75) is 52.7 Å². The van der Waals surface area contributed by atoms with Crippen LogP contribution in [0.15, 0.2) is 60.7 Å². The lowest BCUT2D eigenvalue weighted by Gasteiger charge is -2.30. The van der Waals surface area contributed by atoms with Gasteiger partial charge in [0.2, 0.25) is 0 Å². The number of nitrogens with zero attached hydrogens (tertiary/aromatic N) is 1. The van der Waals surface area contributed by atoms with Crippen LogP contribution in [0.5, 0.6) is 0 Å². The van der Waals surface area contributed by atoms with E-state index in [2.05, 4.69) is 50.4 Å². The van der Waals surface area contributed by atoms with Gasteiger partial charge in [-0.25, -0.2) is 0 Å². The molecule has 0 bridgehead atoms. The van der Waals surface area contributed by atoms with Gasteiger partial charge in [-0.2, -0.15) is 0 Å². The second-order valence-corrected chi connectivity index (χ2v) is 12.1. The number of ketones is 1. The Morgan fingerprint density at radius 1 is 1.07 bits per heavy atom. The molecule has 7 nitrogen and oxygen atoms in total. The molecular formula is C32H37ClN2O5. The summed E-state index contributed by atoms with van der Waals surface area (Å²) >= 11 is 6.36. The molecule has 1 fully saturated rings. The molecule has 2 aliphatic rings. The molecule has 40 heavy (non-hydrogen) atoms. The smallest absolute Gasteiger partial charge is 0.321 e. The molecule has 8 heteroatoms. The van der Waals surface area contributed by atoms with Gasteiger partial charge in [-0.15, -0.1) is 0 Å². The number of nitrogens with one attached hydrogen (secondary N) is 1. The Kier molecular flexibility index (Phi) is 9.29. The minimum absolute atomic E-state index is 0.0266. The van der Waals surface area contributed by atoms with Gasteiger partial charge in [0.25, 0.3) is 5.91 Å². The molecule has 212 valence electrons. The van der Waals surface area contributed by atoms with E-state index in [1.54, 1.807) is 0 Å². The van der Waals surface area contributed by atoms with Crippen LogP contribution in [0.3, 0.4) is 0 Å². The van der Waals surface area contributed by atoms with Crippen molar-refractivity contribution in [3.63, 3.8) is 0 Å². The van der Waals surface area contributed by atoms with Crippen molar-refractivity contribution in [3.05, 3.63) is 76.8 Å². The van der Waals surface area contributed by atoms with Crippen LogP contribution in [-0.4, -0.2) is 48.5 Å². The first-order valence-corrected chi connectivity index (χ1v) is 14.0. The number of anilines is 1. The summed E-state index contributed by atoms with van der Waals surface area (Å²) in [6.07, 6.45) is 1.22. The zero-order valence-corrected chi connectivity index (χ0v) is 24.2. The zero-order valence-electron chi connectivity index (χ0n) is 23.4. The van der Waals surface area contributed by atoms with E-state index in [4.69, 9.17) is 21.4 Å². The lowest BCUT2D eigenvalue weighted by molar-refractivity contribution is -0.144. The minimum atomic E-state index is -0.921. The Morgan fingerprint density at radius 3 is 2.48 bits per heavy atom. The number of rotatable bonds is 4. The van der Waals surface area contributed by atoms with Crippen molar-refractivity contribution in [2.24, 2.45) is 11.3 Å². The molecule has 0 saturated carbocycles. The van der Waals surface area contributed by atoms with Crippen molar-refractivity contribution in [2.75, 3.05) is 24.6 Å². The highest BCUT2D eigenvalue weighted by Crippen LogP contribution is 2.40. The van der Waals surface area contributed by atoms with Crippen LogP contribution < -0.4 is 10.2 Å². The van der Waals surface area contributed by atoms with Gasteiger partial charge in [-0.1, -0.05) is 74.8 Å². The summed E-state index contributed by atoms with van der Waals surface area (Å²) in [5.41, 5.74) is 2.82. The Bertz CT molecular complexity index is 1370. The Labute approximate surface area is 240 Å². The van der Waals surface area contributed by atoms with Crippen molar-refractivity contribution in [1.82, 2.24) is 5.32 Å². The predicted molar refractivity (Wildman–Crippen MR) is 158 cm³/mol. The summed E-state index contributed by atoms with van der Waals surface area (Å²) in [4.78, 5) is 36.5. The van der Waals surface area contributed by atoms with E-state index in [-0.39, 0.29) is 35.7 Å². The first-order valence-electron chi connectivity index (χ1n) is 13.6. The van der Waals surface area contributed by atoms with Gasteiger partial charge in [-0.3, -0.25) is 14.4 Å². The maximum atomic E-state index is 12.9. The van der Waals surface area contributed by atoms with Crippen LogP contribution in [0.2, 0.25) is 5.02 Å². The molecule has 1 unspecified atom stereocenters. The lowest BCUT2D eigenvalue weighted by Crippen LogP contribution is -2.49. The van der Waals surface area contributed by atoms with Gasteiger partial charge < -0.3 is 20.1 Å². The number of amides is 1. The number of carboxylic acids is 1. The van der Waals surface area contributed by atoms with Crippen molar-refractivity contribution < 1.29 is 24.2 Å². The van der Waals surface area contributed by atoms with Crippen LogP contribution in [0.1, 0.15) is 57.8 Å². The van der Waals surface area contributed by atoms with Crippen LogP contribution in [-0.2, 0) is 19.1 Å². The van der Waals surface area contributed by atoms with Gasteiger partial charge in [-0.05, 0) is 66.3 Å². The van der Waals surface area contributed by atoms with Gasteiger partial charge in [0.15, 0.2) is 0 Å². The number of carboxylic acid groups (broad SMARTS) is 1. The summed E-state index contributed by atoms with van der Waals surface area (Å²) < 4.78 is 6.19. The average molecular weight is 565 g/mol. The number of aliphatic carboxylic acids is 1. The number of carbonyl (C=O) groups excluding carboxylic acids is 2. The molecule has 3 aromatic rings. The zero-order chi connectivity index (χ0) is 29.0. The van der Waals surface area contributed by atoms with Gasteiger partial charge >= 0.3 is 5.97 Å². The third-order valence-corrected chi connectivity index (χ3v) is 7.46. The van der Waals surface area contributed by atoms with E-state index in [1.165, 1.54) is 6.92 Å². The highest BCUT2D eigenvalue weighted by molar-refractivity contribution is 6.30. The van der Waals surface area contributed by atoms with Crippen molar-refractivity contribution >= 4 is 45.7 Å². The molecule has 2 N–H and O–H groups in total. The van der Waals surface area contributed by atoms with Crippen LogP contribution in [0.25, 0.3) is 10.8 Å². The maximum absolute atomic E-state index is 12.9. The molecule has 3 atom stereocenters. The number of carbonyl (C=O) groups is 3. The molecule has 0 aliphatic carbocycles. The second kappa shape index (κ2) is 12.5. The van der Waals surface area contributed by atoms with Crippen LogP contribution in [0.4, 0.5) is 5.69 Å². The fraction of sp³-hybridized carbons (Fsp3) is 0.406. The van der Waals surface area contributed by atoms with Gasteiger partial charge in [0.1, 0.15) is 24.5 Å². The number of fused-ring (bicyclic) bond motifs is 2. The predicted octanol–water partition coefficient (Wildman–Crippen LogP) is 6.02. The second-order valence-electron chi connectivity index (χ2n) is 11.6. The average Bonchev–Trinajstić information content (AvgIpc) is 3.04.